The summed E-state index contributed by atoms with van der Waals surface area (Å²) in [7, 11) is 3.74. The molecule has 3 rings (SSSR count). The first-order chi connectivity index (χ1) is 13.4. The Labute approximate surface area is 171 Å². The Kier molecular flexibility index (Phi) is 5.93. The Balaban J connectivity index is 1.93. The maximum Gasteiger partial charge on any atom is 0.218 e. The smallest absolute Gasteiger partial charge is 0.218 e. The standard InChI is InChI=1S/C20H16ClFN4OS/c1-12-8-17(24-11-26(2)3)16(21)9-18(12)27-20-15(10-23)19(25-28-20)13-4-6-14(22)7-5-13/h4-9,11H,1-3H3/b24-11-. The highest BCUT2D eigenvalue weighted by molar-refractivity contribution is 7.08. The maximum absolute atomic E-state index is 13.2. The van der Waals surface area contributed by atoms with Crippen molar-refractivity contribution in [1.29, 1.82) is 5.26 Å². The number of aromatic nitrogens is 1. The molecular formula is C20H16ClFN4OS. The number of rotatable bonds is 5. The summed E-state index contributed by atoms with van der Waals surface area (Å²) >= 11 is 7.38. The lowest BCUT2D eigenvalue weighted by Crippen LogP contribution is -2.07. The largest absolute Gasteiger partial charge is 0.443 e. The lowest BCUT2D eigenvalue weighted by molar-refractivity contribution is 0.491. The van der Waals surface area contributed by atoms with Gasteiger partial charge in [-0.25, -0.2) is 9.38 Å². The summed E-state index contributed by atoms with van der Waals surface area (Å²) in [5.74, 6) is 0.163. The van der Waals surface area contributed by atoms with Crippen LogP contribution in [0, 0.1) is 24.1 Å². The van der Waals surface area contributed by atoms with E-state index in [2.05, 4.69) is 15.4 Å². The Morgan fingerprint density at radius 2 is 2.00 bits per heavy atom. The summed E-state index contributed by atoms with van der Waals surface area (Å²) < 4.78 is 23.4. The minimum absolute atomic E-state index is 0.293. The lowest BCUT2D eigenvalue weighted by Gasteiger charge is -2.10. The highest BCUT2D eigenvalue weighted by Gasteiger charge is 2.18. The van der Waals surface area contributed by atoms with E-state index in [-0.39, 0.29) is 5.82 Å². The molecule has 0 saturated carbocycles. The highest BCUT2D eigenvalue weighted by atomic mass is 35.5. The summed E-state index contributed by atoms with van der Waals surface area (Å²) in [5.41, 5.74) is 2.83. The van der Waals surface area contributed by atoms with Gasteiger partial charge in [0.05, 0.1) is 17.0 Å². The molecule has 0 radical (unpaired) electrons. The zero-order valence-electron chi connectivity index (χ0n) is 15.4. The molecule has 0 aliphatic rings. The molecule has 0 unspecified atom stereocenters. The van der Waals surface area contributed by atoms with Gasteiger partial charge in [-0.1, -0.05) is 11.6 Å². The van der Waals surface area contributed by atoms with E-state index in [1.807, 2.05) is 32.0 Å². The summed E-state index contributed by atoms with van der Waals surface area (Å²) in [6.07, 6.45) is 1.66. The van der Waals surface area contributed by atoms with E-state index in [9.17, 15) is 9.65 Å². The van der Waals surface area contributed by atoms with Gasteiger partial charge in [0.15, 0.2) is 0 Å². The Morgan fingerprint density at radius 1 is 1.29 bits per heavy atom. The molecule has 0 aliphatic heterocycles. The fraction of sp³-hybridized carbons (Fsp3) is 0.150. The molecule has 142 valence electrons. The van der Waals surface area contributed by atoms with Gasteiger partial charge in [0.1, 0.15) is 28.9 Å². The molecule has 1 aromatic heterocycles. The van der Waals surface area contributed by atoms with Crippen LogP contribution >= 0.6 is 23.1 Å². The first kappa shape index (κ1) is 19.8. The van der Waals surface area contributed by atoms with Gasteiger partial charge >= 0.3 is 0 Å². The van der Waals surface area contributed by atoms with E-state index >= 15 is 0 Å². The van der Waals surface area contributed by atoms with Gasteiger partial charge in [0.25, 0.3) is 0 Å². The summed E-state index contributed by atoms with van der Waals surface area (Å²) in [6.45, 7) is 1.87. The third-order valence-corrected chi connectivity index (χ3v) is 4.79. The van der Waals surface area contributed by atoms with Crippen LogP contribution in [0.25, 0.3) is 11.3 Å². The van der Waals surface area contributed by atoms with Gasteiger partial charge in [0.2, 0.25) is 5.06 Å². The van der Waals surface area contributed by atoms with Crippen LogP contribution in [0.3, 0.4) is 0 Å². The fourth-order valence-corrected chi connectivity index (χ4v) is 3.32. The SMILES string of the molecule is Cc1cc(/N=C\N(C)C)c(Cl)cc1Oc1snc(-c2ccc(F)cc2)c1C#N. The van der Waals surface area contributed by atoms with Crippen molar-refractivity contribution in [1.82, 2.24) is 9.27 Å². The fourth-order valence-electron chi connectivity index (χ4n) is 2.38. The first-order valence-corrected chi connectivity index (χ1v) is 9.38. The lowest BCUT2D eigenvalue weighted by atomic mass is 10.1. The second-order valence-electron chi connectivity index (χ2n) is 6.19. The molecule has 2 aromatic carbocycles. The number of ether oxygens (including phenoxy) is 1. The quantitative estimate of drug-likeness (QED) is 0.391. The van der Waals surface area contributed by atoms with Crippen molar-refractivity contribution in [3.63, 3.8) is 0 Å². The normalized spacial score (nSPS) is 10.9. The van der Waals surface area contributed by atoms with Crippen LogP contribution in [0.2, 0.25) is 5.02 Å². The molecule has 0 bridgehead atoms. The third kappa shape index (κ3) is 4.30. The monoisotopic (exact) mass is 414 g/mol. The molecule has 0 fully saturated rings. The van der Waals surface area contributed by atoms with Crippen LogP contribution in [-0.2, 0) is 0 Å². The van der Waals surface area contributed by atoms with Crippen LogP contribution in [0.4, 0.5) is 10.1 Å². The summed E-state index contributed by atoms with van der Waals surface area (Å²) in [5, 5.41) is 10.4. The number of hydrogen-bond donors (Lipinski definition) is 0. The predicted octanol–water partition coefficient (Wildman–Crippen LogP) is 5.80. The molecule has 5 nitrogen and oxygen atoms in total. The van der Waals surface area contributed by atoms with E-state index in [1.165, 1.54) is 12.1 Å². The van der Waals surface area contributed by atoms with Crippen molar-refractivity contribution >= 4 is 35.2 Å². The Morgan fingerprint density at radius 3 is 2.64 bits per heavy atom. The average Bonchev–Trinajstić information content (AvgIpc) is 3.06. The molecule has 0 aliphatic carbocycles. The Hall–Kier alpha value is -2.95. The third-order valence-electron chi connectivity index (χ3n) is 3.77. The van der Waals surface area contributed by atoms with E-state index < -0.39 is 0 Å². The van der Waals surface area contributed by atoms with Crippen LogP contribution in [-0.4, -0.2) is 29.7 Å². The van der Waals surface area contributed by atoms with E-state index in [0.717, 1.165) is 17.1 Å². The molecule has 1 heterocycles. The molecule has 8 heteroatoms. The number of halogens is 2. The topological polar surface area (TPSA) is 61.5 Å². The second-order valence-corrected chi connectivity index (χ2v) is 7.33. The molecule has 0 atom stereocenters. The molecule has 0 N–H and O–H groups in total. The van der Waals surface area contributed by atoms with Crippen molar-refractivity contribution in [3.8, 4) is 28.1 Å². The molecule has 0 amide bonds. The van der Waals surface area contributed by atoms with Crippen molar-refractivity contribution in [2.75, 3.05) is 14.1 Å². The van der Waals surface area contributed by atoms with E-state index in [0.29, 0.717) is 38.3 Å². The number of benzene rings is 2. The average molecular weight is 415 g/mol. The predicted molar refractivity (Wildman–Crippen MR) is 110 cm³/mol. The van der Waals surface area contributed by atoms with Gasteiger partial charge in [0, 0.05) is 37.3 Å². The van der Waals surface area contributed by atoms with Crippen molar-refractivity contribution in [2.24, 2.45) is 4.99 Å². The molecule has 28 heavy (non-hydrogen) atoms. The van der Waals surface area contributed by atoms with Crippen molar-refractivity contribution < 1.29 is 9.13 Å². The number of hydrogen-bond acceptors (Lipinski definition) is 5. The number of aliphatic imine (C=N–C) groups is 1. The molecule has 0 saturated heterocycles. The minimum atomic E-state index is -0.351. The van der Waals surface area contributed by atoms with Crippen LogP contribution in [0.15, 0.2) is 41.4 Å². The van der Waals surface area contributed by atoms with Gasteiger partial charge < -0.3 is 9.64 Å². The second kappa shape index (κ2) is 8.38. The summed E-state index contributed by atoms with van der Waals surface area (Å²) in [6, 6.07) is 11.4. The summed E-state index contributed by atoms with van der Waals surface area (Å²) in [4.78, 5) is 6.13. The number of aryl methyl sites for hydroxylation is 1. The van der Waals surface area contributed by atoms with Crippen LogP contribution in [0.5, 0.6) is 10.8 Å². The van der Waals surface area contributed by atoms with E-state index in [4.69, 9.17) is 16.3 Å². The maximum atomic E-state index is 13.2. The van der Waals surface area contributed by atoms with Crippen LogP contribution < -0.4 is 4.74 Å². The van der Waals surface area contributed by atoms with E-state index in [1.54, 1.807) is 24.5 Å². The zero-order chi connectivity index (χ0) is 20.3. The van der Waals surface area contributed by atoms with Gasteiger partial charge in [-0.05, 0) is 42.8 Å². The minimum Gasteiger partial charge on any atom is -0.443 e. The number of nitrogens with zero attached hydrogens (tertiary/aromatic N) is 4. The molecule has 3 aromatic rings. The highest BCUT2D eigenvalue weighted by Crippen LogP contribution is 2.40. The first-order valence-electron chi connectivity index (χ1n) is 8.23. The number of nitriles is 1. The zero-order valence-corrected chi connectivity index (χ0v) is 17.0. The van der Waals surface area contributed by atoms with Crippen LogP contribution in [0.1, 0.15) is 11.1 Å². The Bertz CT molecular complexity index is 1070. The van der Waals surface area contributed by atoms with Gasteiger partial charge in [-0.2, -0.15) is 9.64 Å². The molecule has 0 spiro atoms. The van der Waals surface area contributed by atoms with Crippen molar-refractivity contribution in [3.05, 3.63) is 58.4 Å². The van der Waals surface area contributed by atoms with Crippen molar-refractivity contribution in [2.45, 2.75) is 6.92 Å². The molecular weight excluding hydrogens is 399 g/mol. The van der Waals surface area contributed by atoms with Gasteiger partial charge in [-0.15, -0.1) is 0 Å². The van der Waals surface area contributed by atoms with Gasteiger partial charge in [-0.3, -0.25) is 0 Å².